The summed E-state index contributed by atoms with van der Waals surface area (Å²) in [6.07, 6.45) is 1.49. The van der Waals surface area contributed by atoms with Crippen LogP contribution in [0.25, 0.3) is 0 Å². The van der Waals surface area contributed by atoms with Gasteiger partial charge in [0.2, 0.25) is 5.88 Å². The highest BCUT2D eigenvalue weighted by atomic mass is 79.9. The SMILES string of the molecule is CC(=O)c1ccnc(Oc2ccc(F)c(Br)c2)c1. The number of aromatic nitrogens is 1. The van der Waals surface area contributed by atoms with Crippen LogP contribution in [0.4, 0.5) is 4.39 Å². The van der Waals surface area contributed by atoms with Crippen LogP contribution in [0.15, 0.2) is 41.0 Å². The molecular weight excluding hydrogens is 301 g/mol. The first-order valence-corrected chi connectivity index (χ1v) is 5.95. The maximum absolute atomic E-state index is 13.0. The van der Waals surface area contributed by atoms with Gasteiger partial charge in [0.1, 0.15) is 11.6 Å². The van der Waals surface area contributed by atoms with Crippen LogP contribution >= 0.6 is 15.9 Å². The fraction of sp³-hybridized carbons (Fsp3) is 0.0769. The van der Waals surface area contributed by atoms with E-state index >= 15 is 0 Å². The number of rotatable bonds is 3. The molecule has 0 atom stereocenters. The van der Waals surface area contributed by atoms with Crippen molar-refractivity contribution in [1.82, 2.24) is 4.98 Å². The molecule has 0 unspecified atom stereocenters. The summed E-state index contributed by atoms with van der Waals surface area (Å²) in [4.78, 5) is 15.2. The monoisotopic (exact) mass is 309 g/mol. The van der Waals surface area contributed by atoms with Crippen LogP contribution in [-0.2, 0) is 0 Å². The molecule has 0 aliphatic carbocycles. The standard InChI is InChI=1S/C13H9BrFNO2/c1-8(17)9-4-5-16-13(6-9)18-10-2-3-12(15)11(14)7-10/h2-7H,1H3. The van der Waals surface area contributed by atoms with Gasteiger partial charge in [0.25, 0.3) is 0 Å². The summed E-state index contributed by atoms with van der Waals surface area (Å²) in [7, 11) is 0. The number of nitrogens with zero attached hydrogens (tertiary/aromatic N) is 1. The van der Waals surface area contributed by atoms with E-state index in [1.54, 1.807) is 12.1 Å². The second-order valence-corrected chi connectivity index (χ2v) is 4.47. The van der Waals surface area contributed by atoms with E-state index in [0.717, 1.165) is 0 Å². The minimum atomic E-state index is -0.368. The normalized spacial score (nSPS) is 10.2. The molecule has 1 aromatic carbocycles. The molecule has 0 saturated carbocycles. The van der Waals surface area contributed by atoms with Crippen molar-refractivity contribution in [2.24, 2.45) is 0 Å². The summed E-state index contributed by atoms with van der Waals surface area (Å²) in [6.45, 7) is 1.47. The Labute approximate surface area is 112 Å². The van der Waals surface area contributed by atoms with E-state index in [9.17, 15) is 9.18 Å². The molecule has 0 bridgehead atoms. The molecule has 5 heteroatoms. The van der Waals surface area contributed by atoms with E-state index in [-0.39, 0.29) is 11.6 Å². The summed E-state index contributed by atoms with van der Waals surface area (Å²) in [6, 6.07) is 7.42. The molecule has 92 valence electrons. The molecule has 0 saturated heterocycles. The van der Waals surface area contributed by atoms with Crippen LogP contribution in [-0.4, -0.2) is 10.8 Å². The Morgan fingerprint density at radius 3 is 2.78 bits per heavy atom. The minimum absolute atomic E-state index is 0.0671. The first kappa shape index (κ1) is 12.7. The molecule has 2 aromatic rings. The third kappa shape index (κ3) is 2.92. The maximum atomic E-state index is 13.0. The van der Waals surface area contributed by atoms with Crippen molar-refractivity contribution >= 4 is 21.7 Å². The molecule has 0 aliphatic rings. The second-order valence-electron chi connectivity index (χ2n) is 3.62. The van der Waals surface area contributed by atoms with Gasteiger partial charge in [0, 0.05) is 17.8 Å². The zero-order chi connectivity index (χ0) is 13.1. The number of carbonyl (C=O) groups excluding carboxylic acids is 1. The van der Waals surface area contributed by atoms with Gasteiger partial charge in [-0.3, -0.25) is 4.79 Å². The predicted octanol–water partition coefficient (Wildman–Crippen LogP) is 3.98. The van der Waals surface area contributed by atoms with E-state index in [1.165, 1.54) is 31.3 Å². The summed E-state index contributed by atoms with van der Waals surface area (Å²) in [5, 5.41) is 0. The third-order valence-electron chi connectivity index (χ3n) is 2.25. The van der Waals surface area contributed by atoms with Crippen LogP contribution in [0, 0.1) is 5.82 Å². The maximum Gasteiger partial charge on any atom is 0.219 e. The number of hydrogen-bond acceptors (Lipinski definition) is 3. The van der Waals surface area contributed by atoms with Gasteiger partial charge in [-0.15, -0.1) is 0 Å². The van der Waals surface area contributed by atoms with Crippen LogP contribution in [0.5, 0.6) is 11.6 Å². The number of ether oxygens (including phenoxy) is 1. The molecule has 0 fully saturated rings. The van der Waals surface area contributed by atoms with E-state index in [2.05, 4.69) is 20.9 Å². The van der Waals surface area contributed by atoms with Crippen LogP contribution in [0.1, 0.15) is 17.3 Å². The molecule has 0 spiro atoms. The van der Waals surface area contributed by atoms with Crippen molar-refractivity contribution in [2.45, 2.75) is 6.92 Å². The lowest BCUT2D eigenvalue weighted by Crippen LogP contribution is -1.95. The molecule has 1 heterocycles. The van der Waals surface area contributed by atoms with Gasteiger partial charge in [0.05, 0.1) is 4.47 Å². The van der Waals surface area contributed by atoms with Gasteiger partial charge in [-0.2, -0.15) is 0 Å². The van der Waals surface area contributed by atoms with E-state index < -0.39 is 0 Å². The lowest BCUT2D eigenvalue weighted by atomic mass is 10.2. The molecule has 0 radical (unpaired) electrons. The van der Waals surface area contributed by atoms with Crippen molar-refractivity contribution in [3.05, 3.63) is 52.4 Å². The Hall–Kier alpha value is -1.75. The molecular formula is C13H9BrFNO2. The summed E-state index contributed by atoms with van der Waals surface area (Å²) >= 11 is 3.07. The minimum Gasteiger partial charge on any atom is -0.439 e. The number of hydrogen-bond donors (Lipinski definition) is 0. The Balaban J connectivity index is 2.25. The molecule has 0 N–H and O–H groups in total. The summed E-state index contributed by atoms with van der Waals surface area (Å²) < 4.78 is 18.8. The molecule has 3 nitrogen and oxygen atoms in total. The molecule has 1 aromatic heterocycles. The number of carbonyl (C=O) groups is 1. The van der Waals surface area contributed by atoms with Gasteiger partial charge < -0.3 is 4.74 Å². The van der Waals surface area contributed by atoms with Crippen LogP contribution in [0.2, 0.25) is 0 Å². The van der Waals surface area contributed by atoms with Crippen molar-refractivity contribution in [3.8, 4) is 11.6 Å². The first-order chi connectivity index (χ1) is 8.56. The number of pyridine rings is 1. The molecule has 0 amide bonds. The topological polar surface area (TPSA) is 39.2 Å². The van der Waals surface area contributed by atoms with Crippen molar-refractivity contribution in [2.75, 3.05) is 0 Å². The van der Waals surface area contributed by atoms with E-state index in [4.69, 9.17) is 4.74 Å². The van der Waals surface area contributed by atoms with Crippen molar-refractivity contribution < 1.29 is 13.9 Å². The zero-order valence-corrected chi connectivity index (χ0v) is 11.1. The third-order valence-corrected chi connectivity index (χ3v) is 2.86. The average molecular weight is 310 g/mol. The van der Waals surface area contributed by atoms with Gasteiger partial charge >= 0.3 is 0 Å². The first-order valence-electron chi connectivity index (χ1n) is 5.16. The van der Waals surface area contributed by atoms with Gasteiger partial charge in [-0.25, -0.2) is 9.37 Å². The molecule has 2 rings (SSSR count). The second kappa shape index (κ2) is 5.27. The number of halogens is 2. The van der Waals surface area contributed by atoms with E-state index in [0.29, 0.717) is 21.7 Å². The van der Waals surface area contributed by atoms with Crippen molar-refractivity contribution in [3.63, 3.8) is 0 Å². The predicted molar refractivity (Wildman–Crippen MR) is 68.4 cm³/mol. The Morgan fingerprint density at radius 2 is 2.11 bits per heavy atom. The van der Waals surface area contributed by atoms with Crippen LogP contribution < -0.4 is 4.74 Å². The van der Waals surface area contributed by atoms with E-state index in [1.807, 2.05) is 0 Å². The Kier molecular flexibility index (Phi) is 3.72. The van der Waals surface area contributed by atoms with Gasteiger partial charge in [-0.05, 0) is 47.1 Å². The fourth-order valence-electron chi connectivity index (χ4n) is 1.35. The highest BCUT2D eigenvalue weighted by Crippen LogP contribution is 2.25. The van der Waals surface area contributed by atoms with Gasteiger partial charge in [0.15, 0.2) is 5.78 Å². The van der Waals surface area contributed by atoms with Crippen molar-refractivity contribution in [1.29, 1.82) is 0 Å². The fourth-order valence-corrected chi connectivity index (χ4v) is 1.70. The summed E-state index contributed by atoms with van der Waals surface area (Å²) in [5.74, 6) is 0.299. The van der Waals surface area contributed by atoms with Crippen LogP contribution in [0.3, 0.4) is 0 Å². The Bertz CT molecular complexity index is 601. The number of benzene rings is 1. The lowest BCUT2D eigenvalue weighted by molar-refractivity contribution is 0.101. The Morgan fingerprint density at radius 1 is 1.33 bits per heavy atom. The largest absolute Gasteiger partial charge is 0.439 e. The number of ketones is 1. The quantitative estimate of drug-likeness (QED) is 0.805. The lowest BCUT2D eigenvalue weighted by Gasteiger charge is -2.06. The smallest absolute Gasteiger partial charge is 0.219 e. The summed E-state index contributed by atoms with van der Waals surface area (Å²) in [5.41, 5.74) is 0.515. The van der Waals surface area contributed by atoms with Gasteiger partial charge in [-0.1, -0.05) is 0 Å². The number of Topliss-reactive ketones (excluding diaryl/α,β-unsaturated/α-hetero) is 1. The molecule has 18 heavy (non-hydrogen) atoms. The highest BCUT2D eigenvalue weighted by Gasteiger charge is 2.05. The molecule has 0 aliphatic heterocycles. The highest BCUT2D eigenvalue weighted by molar-refractivity contribution is 9.10. The zero-order valence-electron chi connectivity index (χ0n) is 9.48. The average Bonchev–Trinajstić information content (AvgIpc) is 2.34.